The van der Waals surface area contributed by atoms with Gasteiger partial charge in [-0.2, -0.15) is 0 Å². The molecule has 27 heavy (non-hydrogen) atoms. The molecule has 136 valence electrons. The molecule has 0 unspecified atom stereocenters. The van der Waals surface area contributed by atoms with E-state index in [0.717, 1.165) is 5.56 Å². The molecule has 3 aromatic carbocycles. The molecular formula is C21H15Cl2NO3. The fraction of sp³-hybridized carbons (Fsp3) is 0.0476. The van der Waals surface area contributed by atoms with Crippen molar-refractivity contribution in [2.45, 2.75) is 6.92 Å². The van der Waals surface area contributed by atoms with Crippen molar-refractivity contribution in [3.05, 3.63) is 93.5 Å². The van der Waals surface area contributed by atoms with E-state index in [2.05, 4.69) is 5.32 Å². The number of nitrogens with one attached hydrogen (secondary N) is 1. The van der Waals surface area contributed by atoms with E-state index in [9.17, 15) is 9.59 Å². The van der Waals surface area contributed by atoms with E-state index in [1.54, 1.807) is 30.3 Å². The number of hydrogen-bond acceptors (Lipinski definition) is 3. The molecule has 0 saturated heterocycles. The fourth-order valence-electron chi connectivity index (χ4n) is 2.33. The van der Waals surface area contributed by atoms with Crippen molar-refractivity contribution in [1.82, 2.24) is 0 Å². The number of esters is 1. The van der Waals surface area contributed by atoms with Gasteiger partial charge in [-0.1, -0.05) is 40.9 Å². The molecule has 3 aromatic rings. The smallest absolute Gasteiger partial charge is 0.345 e. The number of amides is 1. The van der Waals surface area contributed by atoms with Crippen LogP contribution in [0.3, 0.4) is 0 Å². The highest BCUT2D eigenvalue weighted by molar-refractivity contribution is 6.36. The molecule has 1 amide bonds. The zero-order valence-corrected chi connectivity index (χ0v) is 15.8. The second kappa shape index (κ2) is 8.25. The third kappa shape index (κ3) is 4.88. The monoisotopic (exact) mass is 399 g/mol. The Morgan fingerprint density at radius 2 is 1.56 bits per heavy atom. The summed E-state index contributed by atoms with van der Waals surface area (Å²) in [5.41, 5.74) is 2.47. The minimum absolute atomic E-state index is 0.210. The minimum atomic E-state index is -0.603. The molecule has 4 nitrogen and oxygen atoms in total. The molecule has 0 heterocycles. The summed E-state index contributed by atoms with van der Waals surface area (Å²) >= 11 is 11.8. The highest BCUT2D eigenvalue weighted by Crippen LogP contribution is 2.23. The number of halogens is 2. The summed E-state index contributed by atoms with van der Waals surface area (Å²) in [6.07, 6.45) is 0. The summed E-state index contributed by atoms with van der Waals surface area (Å²) in [6, 6.07) is 18.3. The Kier molecular flexibility index (Phi) is 5.79. The Morgan fingerprint density at radius 3 is 2.19 bits per heavy atom. The SMILES string of the molecule is Cc1ccc(NC(=O)c2ccc(OC(=O)c3ccc(Cl)cc3Cl)cc2)cc1. The standard InChI is InChI=1S/C21H15Cl2NO3/c1-13-2-7-16(8-3-13)24-20(25)14-4-9-17(10-5-14)27-21(26)18-11-6-15(22)12-19(18)23/h2-12H,1H3,(H,24,25). The molecule has 0 aliphatic carbocycles. The molecule has 0 aromatic heterocycles. The van der Waals surface area contributed by atoms with Crippen LogP contribution in [0.4, 0.5) is 5.69 Å². The third-order valence-electron chi connectivity index (χ3n) is 3.79. The van der Waals surface area contributed by atoms with Crippen molar-refractivity contribution in [2.75, 3.05) is 5.32 Å². The average molecular weight is 400 g/mol. The number of anilines is 1. The van der Waals surface area contributed by atoms with Gasteiger partial charge in [-0.25, -0.2) is 4.79 Å². The Hall–Kier alpha value is -2.82. The predicted molar refractivity (Wildman–Crippen MR) is 107 cm³/mol. The van der Waals surface area contributed by atoms with Gasteiger partial charge >= 0.3 is 5.97 Å². The molecular weight excluding hydrogens is 385 g/mol. The fourth-order valence-corrected chi connectivity index (χ4v) is 2.82. The van der Waals surface area contributed by atoms with Crippen molar-refractivity contribution in [2.24, 2.45) is 0 Å². The molecule has 0 atom stereocenters. The maximum absolute atomic E-state index is 12.3. The van der Waals surface area contributed by atoms with Gasteiger partial charge in [-0.05, 0) is 61.5 Å². The Labute approximate surface area is 166 Å². The second-order valence-corrected chi connectivity index (χ2v) is 6.70. The van der Waals surface area contributed by atoms with Crippen LogP contribution in [0.2, 0.25) is 10.0 Å². The largest absolute Gasteiger partial charge is 0.423 e. The third-order valence-corrected chi connectivity index (χ3v) is 4.34. The summed E-state index contributed by atoms with van der Waals surface area (Å²) in [4.78, 5) is 24.5. The van der Waals surface area contributed by atoms with Gasteiger partial charge in [0.15, 0.2) is 0 Å². The molecule has 0 radical (unpaired) electrons. The Balaban J connectivity index is 1.66. The van der Waals surface area contributed by atoms with E-state index in [4.69, 9.17) is 27.9 Å². The maximum Gasteiger partial charge on any atom is 0.345 e. The first kappa shape index (κ1) is 19.0. The highest BCUT2D eigenvalue weighted by atomic mass is 35.5. The maximum atomic E-state index is 12.3. The van der Waals surface area contributed by atoms with Crippen LogP contribution < -0.4 is 10.1 Å². The zero-order valence-electron chi connectivity index (χ0n) is 14.3. The number of aryl methyl sites for hydroxylation is 1. The molecule has 0 fully saturated rings. The molecule has 6 heteroatoms. The van der Waals surface area contributed by atoms with Crippen LogP contribution in [0.25, 0.3) is 0 Å². The van der Waals surface area contributed by atoms with Gasteiger partial charge in [-0.3, -0.25) is 4.79 Å². The molecule has 3 rings (SSSR count). The van der Waals surface area contributed by atoms with Gasteiger partial charge in [0.2, 0.25) is 0 Å². The van der Waals surface area contributed by atoms with Crippen molar-refractivity contribution >= 4 is 40.8 Å². The first-order valence-electron chi connectivity index (χ1n) is 8.08. The summed E-state index contributed by atoms with van der Waals surface area (Å²) in [6.45, 7) is 1.98. The number of rotatable bonds is 4. The van der Waals surface area contributed by atoms with Crippen LogP contribution in [0.5, 0.6) is 5.75 Å². The lowest BCUT2D eigenvalue weighted by Crippen LogP contribution is -2.12. The van der Waals surface area contributed by atoms with Gasteiger partial charge in [-0.15, -0.1) is 0 Å². The van der Waals surface area contributed by atoms with E-state index in [1.807, 2.05) is 31.2 Å². The van der Waals surface area contributed by atoms with Crippen molar-refractivity contribution in [3.8, 4) is 5.75 Å². The summed E-state index contributed by atoms with van der Waals surface area (Å²) in [5, 5.41) is 3.45. The number of hydrogen-bond donors (Lipinski definition) is 1. The first-order chi connectivity index (χ1) is 12.9. The first-order valence-corrected chi connectivity index (χ1v) is 8.83. The van der Waals surface area contributed by atoms with Crippen LogP contribution in [0, 0.1) is 6.92 Å². The lowest BCUT2D eigenvalue weighted by Gasteiger charge is -2.08. The van der Waals surface area contributed by atoms with Crippen LogP contribution >= 0.6 is 23.2 Å². The van der Waals surface area contributed by atoms with Gasteiger partial charge in [0.1, 0.15) is 5.75 Å². The van der Waals surface area contributed by atoms with E-state index in [0.29, 0.717) is 22.0 Å². The normalized spacial score (nSPS) is 10.3. The van der Waals surface area contributed by atoms with Crippen LogP contribution in [0.1, 0.15) is 26.3 Å². The Bertz CT molecular complexity index is 983. The molecule has 1 N–H and O–H groups in total. The van der Waals surface area contributed by atoms with Gasteiger partial charge in [0.05, 0.1) is 10.6 Å². The molecule has 0 aliphatic rings. The van der Waals surface area contributed by atoms with Gasteiger partial charge in [0.25, 0.3) is 5.91 Å². The molecule has 0 aliphatic heterocycles. The van der Waals surface area contributed by atoms with Crippen LogP contribution in [0.15, 0.2) is 66.7 Å². The number of carbonyl (C=O) groups is 2. The Morgan fingerprint density at radius 1 is 0.889 bits per heavy atom. The van der Waals surface area contributed by atoms with Crippen molar-refractivity contribution in [1.29, 1.82) is 0 Å². The molecule has 0 spiro atoms. The topological polar surface area (TPSA) is 55.4 Å². The summed E-state index contributed by atoms with van der Waals surface area (Å²) in [7, 11) is 0. The van der Waals surface area contributed by atoms with Crippen LogP contribution in [-0.4, -0.2) is 11.9 Å². The van der Waals surface area contributed by atoms with E-state index in [-0.39, 0.29) is 16.5 Å². The lowest BCUT2D eigenvalue weighted by atomic mass is 10.2. The van der Waals surface area contributed by atoms with Crippen molar-refractivity contribution < 1.29 is 14.3 Å². The second-order valence-electron chi connectivity index (χ2n) is 5.86. The summed E-state index contributed by atoms with van der Waals surface area (Å²) in [5.74, 6) is -0.552. The van der Waals surface area contributed by atoms with Crippen molar-refractivity contribution in [3.63, 3.8) is 0 Å². The minimum Gasteiger partial charge on any atom is -0.423 e. The molecule has 0 bridgehead atoms. The van der Waals surface area contributed by atoms with E-state index < -0.39 is 5.97 Å². The summed E-state index contributed by atoms with van der Waals surface area (Å²) < 4.78 is 5.29. The van der Waals surface area contributed by atoms with E-state index >= 15 is 0 Å². The average Bonchev–Trinajstić information content (AvgIpc) is 2.64. The quantitative estimate of drug-likeness (QED) is 0.447. The number of carbonyl (C=O) groups excluding carboxylic acids is 2. The van der Waals surface area contributed by atoms with E-state index in [1.165, 1.54) is 12.1 Å². The van der Waals surface area contributed by atoms with Gasteiger partial charge in [0, 0.05) is 16.3 Å². The number of ether oxygens (including phenoxy) is 1. The van der Waals surface area contributed by atoms with Crippen LogP contribution in [-0.2, 0) is 0 Å². The number of benzene rings is 3. The highest BCUT2D eigenvalue weighted by Gasteiger charge is 2.14. The lowest BCUT2D eigenvalue weighted by molar-refractivity contribution is 0.0735. The predicted octanol–water partition coefficient (Wildman–Crippen LogP) is 5.77. The molecule has 0 saturated carbocycles. The zero-order chi connectivity index (χ0) is 19.4. The van der Waals surface area contributed by atoms with Gasteiger partial charge < -0.3 is 10.1 Å².